The van der Waals surface area contributed by atoms with Crippen LogP contribution in [0.2, 0.25) is 0 Å². The number of carbonyl (C=O) groups is 2. The number of phenols is 2. The highest BCUT2D eigenvalue weighted by atomic mass is 16.3. The molecule has 1 aliphatic carbocycles. The summed E-state index contributed by atoms with van der Waals surface area (Å²) in [4.78, 5) is 28.4. The Morgan fingerprint density at radius 1 is 0.793 bits per heavy atom. The minimum Gasteiger partial charge on any atom is -0.506 e. The van der Waals surface area contributed by atoms with Gasteiger partial charge >= 0.3 is 0 Å². The zero-order valence-electron chi connectivity index (χ0n) is 16.0. The molecule has 3 aromatic rings. The molecule has 2 heterocycles. The Kier molecular flexibility index (Phi) is 4.17. The first-order valence-corrected chi connectivity index (χ1v) is 10.1. The second-order valence-corrected chi connectivity index (χ2v) is 7.82. The van der Waals surface area contributed by atoms with Gasteiger partial charge in [-0.25, -0.2) is 0 Å². The maximum Gasteiger partial charge on any atom is 0.198 e. The summed E-state index contributed by atoms with van der Waals surface area (Å²) >= 11 is 0. The molecule has 0 amide bonds. The summed E-state index contributed by atoms with van der Waals surface area (Å²) in [6.07, 6.45) is 5.45. The number of aromatic nitrogens is 1. The highest BCUT2D eigenvalue weighted by molar-refractivity contribution is 6.32. The number of hydrogen-bond donors (Lipinski definition) is 2. The lowest BCUT2D eigenvalue weighted by molar-refractivity contribution is 0.0974. The molecule has 0 unspecified atom stereocenters. The number of fused-ring (bicyclic) bond motifs is 3. The Bertz CT molecular complexity index is 1160. The number of piperidine rings is 1. The van der Waals surface area contributed by atoms with Crippen molar-refractivity contribution in [1.82, 2.24) is 9.47 Å². The van der Waals surface area contributed by atoms with E-state index in [1.54, 1.807) is 36.5 Å². The van der Waals surface area contributed by atoms with Crippen molar-refractivity contribution >= 4 is 22.5 Å². The van der Waals surface area contributed by atoms with Gasteiger partial charge in [-0.2, -0.15) is 0 Å². The Hall–Kier alpha value is -3.12. The lowest BCUT2D eigenvalue weighted by Crippen LogP contribution is -2.32. The predicted molar refractivity (Wildman–Crippen MR) is 109 cm³/mol. The minimum absolute atomic E-state index is 0.100. The van der Waals surface area contributed by atoms with Crippen LogP contribution < -0.4 is 0 Å². The van der Waals surface area contributed by atoms with Crippen molar-refractivity contribution in [3.63, 3.8) is 0 Å². The number of hydrogen-bond acceptors (Lipinski definition) is 5. The molecule has 0 saturated carbocycles. The molecule has 29 heavy (non-hydrogen) atoms. The second kappa shape index (κ2) is 6.74. The van der Waals surface area contributed by atoms with E-state index in [4.69, 9.17) is 0 Å². The van der Waals surface area contributed by atoms with Crippen LogP contribution in [0.25, 0.3) is 10.9 Å². The quantitative estimate of drug-likeness (QED) is 0.525. The molecule has 2 N–H and O–H groups in total. The summed E-state index contributed by atoms with van der Waals surface area (Å²) in [5, 5.41) is 22.3. The van der Waals surface area contributed by atoms with Crippen molar-refractivity contribution in [3.8, 4) is 11.5 Å². The van der Waals surface area contributed by atoms with Crippen molar-refractivity contribution in [1.29, 1.82) is 0 Å². The molecular formula is C23H22N2O4. The maximum atomic E-state index is 13.1. The normalized spacial score (nSPS) is 16.8. The lowest BCUT2D eigenvalue weighted by atomic mass is 9.82. The van der Waals surface area contributed by atoms with Crippen LogP contribution in [-0.4, -0.2) is 50.9 Å². The predicted octanol–water partition coefficient (Wildman–Crippen LogP) is 3.31. The lowest BCUT2D eigenvalue weighted by Gasteiger charge is -2.26. The molecule has 2 aliphatic rings. The number of likely N-dealkylation sites (tertiary alicyclic amines) is 1. The molecule has 1 aromatic heterocycles. The molecule has 5 rings (SSSR count). The van der Waals surface area contributed by atoms with E-state index in [1.807, 2.05) is 4.57 Å². The van der Waals surface area contributed by atoms with E-state index in [1.165, 1.54) is 19.3 Å². The Labute approximate surface area is 168 Å². The smallest absolute Gasteiger partial charge is 0.198 e. The highest BCUT2D eigenvalue weighted by Gasteiger charge is 2.36. The molecule has 1 saturated heterocycles. The standard InChI is InChI=1S/C23H22N2O4/c26-20-14-6-2-3-7-15(14)21(27)18-17(20)22(28)16-8-11-25(19(16)23(18)29)13-12-24-9-4-1-5-10-24/h2-3,6-8,11,28-29H,1,4-5,9-10,12-13H2. The van der Waals surface area contributed by atoms with Gasteiger partial charge in [0, 0.05) is 35.8 Å². The number of ketones is 2. The number of nitrogens with zero attached hydrogens (tertiary/aromatic N) is 2. The van der Waals surface area contributed by atoms with E-state index in [0.717, 1.165) is 19.6 Å². The Balaban J connectivity index is 1.62. The van der Waals surface area contributed by atoms with Crippen LogP contribution in [0.4, 0.5) is 0 Å². The monoisotopic (exact) mass is 390 g/mol. The topological polar surface area (TPSA) is 82.8 Å². The van der Waals surface area contributed by atoms with Crippen LogP contribution in [0.5, 0.6) is 11.5 Å². The fourth-order valence-electron chi connectivity index (χ4n) is 4.63. The summed E-state index contributed by atoms with van der Waals surface area (Å²) < 4.78 is 1.86. The fourth-order valence-corrected chi connectivity index (χ4v) is 4.63. The van der Waals surface area contributed by atoms with E-state index in [-0.39, 0.29) is 33.8 Å². The average Bonchev–Trinajstić information content (AvgIpc) is 3.18. The number of rotatable bonds is 3. The van der Waals surface area contributed by atoms with E-state index < -0.39 is 11.6 Å². The molecular weight excluding hydrogens is 368 g/mol. The van der Waals surface area contributed by atoms with E-state index in [2.05, 4.69) is 4.90 Å². The third-order valence-electron chi connectivity index (χ3n) is 6.14. The van der Waals surface area contributed by atoms with Crippen molar-refractivity contribution in [2.75, 3.05) is 19.6 Å². The third-order valence-corrected chi connectivity index (χ3v) is 6.14. The van der Waals surface area contributed by atoms with Gasteiger partial charge in [-0.15, -0.1) is 0 Å². The third kappa shape index (κ3) is 2.67. The second-order valence-electron chi connectivity index (χ2n) is 7.82. The summed E-state index contributed by atoms with van der Waals surface area (Å²) in [5.41, 5.74) is 0.706. The van der Waals surface area contributed by atoms with Crippen LogP contribution in [0.15, 0.2) is 36.5 Å². The Morgan fingerprint density at radius 3 is 2.07 bits per heavy atom. The van der Waals surface area contributed by atoms with Gasteiger partial charge in [-0.1, -0.05) is 30.7 Å². The van der Waals surface area contributed by atoms with Crippen LogP contribution in [0.1, 0.15) is 51.1 Å². The Morgan fingerprint density at radius 2 is 1.41 bits per heavy atom. The molecule has 6 heteroatoms. The van der Waals surface area contributed by atoms with Crippen molar-refractivity contribution in [3.05, 3.63) is 58.8 Å². The maximum absolute atomic E-state index is 13.1. The largest absolute Gasteiger partial charge is 0.506 e. The molecule has 0 bridgehead atoms. The van der Waals surface area contributed by atoms with Crippen molar-refractivity contribution in [2.24, 2.45) is 0 Å². The number of aromatic hydroxyl groups is 2. The first kappa shape index (κ1) is 17.9. The summed E-state index contributed by atoms with van der Waals surface area (Å²) in [6.45, 7) is 3.59. The zero-order chi connectivity index (χ0) is 20.1. The van der Waals surface area contributed by atoms with E-state index >= 15 is 0 Å². The van der Waals surface area contributed by atoms with E-state index in [0.29, 0.717) is 17.4 Å². The fraction of sp³-hybridized carbons (Fsp3) is 0.304. The van der Waals surface area contributed by atoms with Gasteiger partial charge in [0.1, 0.15) is 5.75 Å². The van der Waals surface area contributed by atoms with Crippen LogP contribution in [0, 0.1) is 0 Å². The van der Waals surface area contributed by atoms with Gasteiger partial charge in [0.05, 0.1) is 16.6 Å². The van der Waals surface area contributed by atoms with Crippen molar-refractivity contribution in [2.45, 2.75) is 25.8 Å². The highest BCUT2D eigenvalue weighted by Crippen LogP contribution is 2.44. The molecule has 1 aliphatic heterocycles. The van der Waals surface area contributed by atoms with Gasteiger partial charge in [0.15, 0.2) is 17.3 Å². The van der Waals surface area contributed by atoms with E-state index in [9.17, 15) is 19.8 Å². The number of phenolic OH excluding ortho intramolecular Hbond substituents is 2. The SMILES string of the molecule is O=C1c2ccccc2C(=O)c2c1c(O)c1ccn(CCN3CCCCC3)c1c2O. The molecule has 0 atom stereocenters. The van der Waals surface area contributed by atoms with Gasteiger partial charge < -0.3 is 19.7 Å². The van der Waals surface area contributed by atoms with Crippen LogP contribution in [0.3, 0.4) is 0 Å². The van der Waals surface area contributed by atoms with Gasteiger partial charge in [-0.3, -0.25) is 9.59 Å². The minimum atomic E-state index is -0.439. The molecule has 2 aromatic carbocycles. The number of benzene rings is 2. The summed E-state index contributed by atoms with van der Waals surface area (Å²) in [6, 6.07) is 8.21. The molecule has 6 nitrogen and oxygen atoms in total. The van der Waals surface area contributed by atoms with Crippen LogP contribution in [-0.2, 0) is 6.54 Å². The van der Waals surface area contributed by atoms with Gasteiger partial charge in [0.2, 0.25) is 0 Å². The van der Waals surface area contributed by atoms with Crippen molar-refractivity contribution < 1.29 is 19.8 Å². The van der Waals surface area contributed by atoms with Gasteiger partial charge in [0.25, 0.3) is 0 Å². The van der Waals surface area contributed by atoms with Crippen LogP contribution >= 0.6 is 0 Å². The molecule has 148 valence electrons. The zero-order valence-corrected chi connectivity index (χ0v) is 16.0. The first-order chi connectivity index (χ1) is 14.1. The summed E-state index contributed by atoms with van der Waals surface area (Å²) in [5.74, 6) is -1.35. The molecule has 0 spiro atoms. The average molecular weight is 390 g/mol. The summed E-state index contributed by atoms with van der Waals surface area (Å²) in [7, 11) is 0. The first-order valence-electron chi connectivity index (χ1n) is 10.1. The van der Waals surface area contributed by atoms with Gasteiger partial charge in [-0.05, 0) is 32.0 Å². The molecule has 0 radical (unpaired) electrons. The number of carbonyl (C=O) groups excluding carboxylic acids is 2. The molecule has 1 fully saturated rings.